The van der Waals surface area contributed by atoms with E-state index in [0.29, 0.717) is 0 Å². The third kappa shape index (κ3) is 5.49. The van der Waals surface area contributed by atoms with Crippen molar-refractivity contribution in [3.8, 4) is 6.07 Å². The number of nitriles is 1. The summed E-state index contributed by atoms with van der Waals surface area (Å²) in [5.41, 5.74) is 2.72. The fourth-order valence-electron chi connectivity index (χ4n) is 2.22. The Hall–Kier alpha value is -1.87. The molecule has 1 rings (SSSR count). The maximum atomic E-state index is 12.0. The quantitative estimate of drug-likeness (QED) is 0.745. The molecule has 22 heavy (non-hydrogen) atoms. The molecule has 0 saturated carbocycles. The molecule has 0 aromatic heterocycles. The molecule has 0 aliphatic heterocycles. The number of sulfone groups is 1. The summed E-state index contributed by atoms with van der Waals surface area (Å²) >= 11 is 0. The minimum absolute atomic E-state index is 0.135. The van der Waals surface area contributed by atoms with Crippen LogP contribution in [0.15, 0.2) is 18.2 Å². The SMILES string of the molecule is CCc1cccc(CC)c1NC(=O)CS(=O)(=O)CCCC#N. The highest BCUT2D eigenvalue weighted by atomic mass is 32.2. The minimum atomic E-state index is -3.48. The lowest BCUT2D eigenvalue weighted by atomic mass is 10.0. The van der Waals surface area contributed by atoms with Crippen LogP contribution >= 0.6 is 0 Å². The summed E-state index contributed by atoms with van der Waals surface area (Å²) in [6, 6.07) is 7.69. The van der Waals surface area contributed by atoms with Crippen LogP contribution < -0.4 is 5.32 Å². The fraction of sp³-hybridized carbons (Fsp3) is 0.500. The first kappa shape index (κ1) is 18.2. The van der Waals surface area contributed by atoms with Crippen LogP contribution in [0, 0.1) is 11.3 Å². The Morgan fingerprint density at radius 1 is 1.23 bits per heavy atom. The lowest BCUT2D eigenvalue weighted by Crippen LogP contribution is -2.25. The number of nitrogens with zero attached hydrogens (tertiary/aromatic N) is 1. The Labute approximate surface area is 132 Å². The van der Waals surface area contributed by atoms with Gasteiger partial charge >= 0.3 is 0 Å². The maximum Gasteiger partial charge on any atom is 0.239 e. The van der Waals surface area contributed by atoms with E-state index in [1.165, 1.54) is 0 Å². The van der Waals surface area contributed by atoms with Crippen molar-refractivity contribution in [2.24, 2.45) is 0 Å². The Balaban J connectivity index is 2.79. The van der Waals surface area contributed by atoms with Crippen molar-refractivity contribution in [3.63, 3.8) is 0 Å². The third-order valence-corrected chi connectivity index (χ3v) is 4.97. The molecular weight excluding hydrogens is 300 g/mol. The normalized spacial score (nSPS) is 11.0. The highest BCUT2D eigenvalue weighted by Gasteiger charge is 2.18. The minimum Gasteiger partial charge on any atom is -0.325 e. The van der Waals surface area contributed by atoms with Gasteiger partial charge in [0.25, 0.3) is 0 Å². The van der Waals surface area contributed by atoms with Crippen molar-refractivity contribution in [2.45, 2.75) is 39.5 Å². The Morgan fingerprint density at radius 3 is 2.32 bits per heavy atom. The number of unbranched alkanes of at least 4 members (excludes halogenated alkanes) is 1. The summed E-state index contributed by atoms with van der Waals surface area (Å²) in [4.78, 5) is 12.0. The summed E-state index contributed by atoms with van der Waals surface area (Å²) in [5.74, 6) is -1.20. The standard InChI is InChI=1S/C16H22N2O3S/c1-3-13-8-7-9-14(4-2)16(13)18-15(19)12-22(20,21)11-6-5-10-17/h7-9H,3-6,11-12H2,1-2H3,(H,18,19). The number of carbonyl (C=O) groups excluding carboxylic acids is 1. The molecule has 0 aliphatic rings. The zero-order chi connectivity index (χ0) is 16.6. The zero-order valence-corrected chi connectivity index (χ0v) is 13.9. The Kier molecular flexibility index (Phi) is 7.06. The van der Waals surface area contributed by atoms with E-state index in [0.717, 1.165) is 29.7 Å². The smallest absolute Gasteiger partial charge is 0.239 e. The van der Waals surface area contributed by atoms with Crippen LogP contribution in [0.25, 0.3) is 0 Å². The van der Waals surface area contributed by atoms with Gasteiger partial charge < -0.3 is 5.32 Å². The molecular formula is C16H22N2O3S. The molecule has 1 amide bonds. The van der Waals surface area contributed by atoms with Crippen LogP contribution in [-0.2, 0) is 27.5 Å². The molecule has 1 aromatic rings. The highest BCUT2D eigenvalue weighted by Crippen LogP contribution is 2.22. The molecule has 0 heterocycles. The summed E-state index contributed by atoms with van der Waals surface area (Å²) in [6.07, 6.45) is 1.97. The molecule has 5 nitrogen and oxygen atoms in total. The van der Waals surface area contributed by atoms with Crippen LogP contribution in [0.4, 0.5) is 5.69 Å². The lowest BCUT2D eigenvalue weighted by Gasteiger charge is -2.14. The number of amides is 1. The molecule has 0 fully saturated rings. The van der Waals surface area contributed by atoms with Gasteiger partial charge in [0.2, 0.25) is 5.91 Å². The Bertz CT molecular complexity index is 638. The predicted molar refractivity (Wildman–Crippen MR) is 87.3 cm³/mol. The van der Waals surface area contributed by atoms with Gasteiger partial charge in [-0.2, -0.15) is 5.26 Å². The van der Waals surface area contributed by atoms with E-state index in [9.17, 15) is 13.2 Å². The van der Waals surface area contributed by atoms with Gasteiger partial charge in [0.1, 0.15) is 5.75 Å². The monoisotopic (exact) mass is 322 g/mol. The molecule has 1 aromatic carbocycles. The number of carbonyl (C=O) groups is 1. The molecule has 0 saturated heterocycles. The zero-order valence-electron chi connectivity index (χ0n) is 13.1. The summed E-state index contributed by atoms with van der Waals surface area (Å²) in [6.45, 7) is 3.98. The van der Waals surface area contributed by atoms with Gasteiger partial charge in [-0.15, -0.1) is 0 Å². The summed E-state index contributed by atoms with van der Waals surface area (Å²) in [7, 11) is -3.48. The van der Waals surface area contributed by atoms with Crippen molar-refractivity contribution < 1.29 is 13.2 Å². The number of benzene rings is 1. The van der Waals surface area contributed by atoms with Gasteiger partial charge in [-0.3, -0.25) is 4.79 Å². The van der Waals surface area contributed by atoms with Gasteiger partial charge in [-0.25, -0.2) is 8.42 Å². The number of hydrogen-bond donors (Lipinski definition) is 1. The summed E-state index contributed by atoms with van der Waals surface area (Å²) in [5, 5.41) is 11.2. The van der Waals surface area contributed by atoms with Crippen molar-refractivity contribution in [2.75, 3.05) is 16.8 Å². The van der Waals surface area contributed by atoms with Gasteiger partial charge in [-0.05, 0) is 30.4 Å². The fourth-order valence-corrected chi connectivity index (χ4v) is 3.42. The molecule has 0 unspecified atom stereocenters. The van der Waals surface area contributed by atoms with Crippen LogP contribution in [0.3, 0.4) is 0 Å². The largest absolute Gasteiger partial charge is 0.325 e. The second kappa shape index (κ2) is 8.54. The van der Waals surface area contributed by atoms with Crippen molar-refractivity contribution in [1.29, 1.82) is 5.26 Å². The number of anilines is 1. The van der Waals surface area contributed by atoms with Crippen LogP contribution in [0.5, 0.6) is 0 Å². The van der Waals surface area contributed by atoms with E-state index >= 15 is 0 Å². The molecule has 1 N–H and O–H groups in total. The van der Waals surface area contributed by atoms with Crippen molar-refractivity contribution >= 4 is 21.4 Å². The number of hydrogen-bond acceptors (Lipinski definition) is 4. The van der Waals surface area contributed by atoms with E-state index in [2.05, 4.69) is 5.32 Å². The maximum absolute atomic E-state index is 12.0. The van der Waals surface area contributed by atoms with Gasteiger partial charge in [-0.1, -0.05) is 32.0 Å². The molecule has 120 valence electrons. The van der Waals surface area contributed by atoms with Crippen molar-refractivity contribution in [1.82, 2.24) is 0 Å². The molecule has 0 aliphatic carbocycles. The van der Waals surface area contributed by atoms with E-state index in [1.54, 1.807) is 0 Å². The second-order valence-corrected chi connectivity index (χ2v) is 7.24. The number of para-hydroxylation sites is 1. The van der Waals surface area contributed by atoms with E-state index < -0.39 is 21.5 Å². The van der Waals surface area contributed by atoms with Crippen LogP contribution in [0.1, 0.15) is 37.8 Å². The predicted octanol–water partition coefficient (Wildman–Crippen LogP) is 2.47. The highest BCUT2D eigenvalue weighted by molar-refractivity contribution is 7.92. The molecule has 0 spiro atoms. The average Bonchev–Trinajstić information content (AvgIpc) is 2.46. The van der Waals surface area contributed by atoms with Gasteiger partial charge in [0.05, 0.1) is 11.8 Å². The van der Waals surface area contributed by atoms with E-state index in [4.69, 9.17) is 5.26 Å². The van der Waals surface area contributed by atoms with Crippen molar-refractivity contribution in [3.05, 3.63) is 29.3 Å². The van der Waals surface area contributed by atoms with E-state index in [1.807, 2.05) is 38.1 Å². The second-order valence-electron chi connectivity index (χ2n) is 5.06. The van der Waals surface area contributed by atoms with Gasteiger partial charge in [0.15, 0.2) is 9.84 Å². The molecule has 0 atom stereocenters. The molecule has 6 heteroatoms. The first-order chi connectivity index (χ1) is 10.4. The molecule has 0 radical (unpaired) electrons. The number of aryl methyl sites for hydroxylation is 2. The lowest BCUT2D eigenvalue weighted by molar-refractivity contribution is -0.113. The molecule has 0 bridgehead atoms. The van der Waals surface area contributed by atoms with Crippen LogP contribution in [0.2, 0.25) is 0 Å². The summed E-state index contributed by atoms with van der Waals surface area (Å²) < 4.78 is 23.7. The first-order valence-electron chi connectivity index (χ1n) is 7.41. The first-order valence-corrected chi connectivity index (χ1v) is 9.23. The number of nitrogens with one attached hydrogen (secondary N) is 1. The Morgan fingerprint density at radius 2 is 1.82 bits per heavy atom. The topological polar surface area (TPSA) is 87.0 Å². The van der Waals surface area contributed by atoms with Crippen LogP contribution in [-0.4, -0.2) is 25.8 Å². The number of rotatable bonds is 8. The van der Waals surface area contributed by atoms with E-state index in [-0.39, 0.29) is 18.6 Å². The third-order valence-electron chi connectivity index (χ3n) is 3.36. The van der Waals surface area contributed by atoms with Gasteiger partial charge in [0, 0.05) is 12.1 Å². The average molecular weight is 322 g/mol.